The van der Waals surface area contributed by atoms with Crippen LogP contribution in [0.5, 0.6) is 0 Å². The molecule has 4 heteroatoms. The van der Waals surface area contributed by atoms with Crippen molar-refractivity contribution in [2.24, 2.45) is 13.0 Å². The number of hydrogen-bond donors (Lipinski definition) is 1. The third-order valence-corrected chi connectivity index (χ3v) is 1.51. The van der Waals surface area contributed by atoms with Crippen LogP contribution in [0.4, 0.5) is 0 Å². The first kappa shape index (κ1) is 9.19. The number of hydrogen-bond acceptors (Lipinski definition) is 3. The van der Waals surface area contributed by atoms with Crippen LogP contribution in [0.25, 0.3) is 0 Å². The first-order valence-electron chi connectivity index (χ1n) is 4.24. The fourth-order valence-electron chi connectivity index (χ4n) is 0.965. The minimum absolute atomic E-state index is 0.682. The van der Waals surface area contributed by atoms with E-state index in [-0.39, 0.29) is 0 Å². The molecule has 1 rings (SSSR count). The van der Waals surface area contributed by atoms with E-state index in [9.17, 15) is 0 Å². The Morgan fingerprint density at radius 1 is 1.58 bits per heavy atom. The van der Waals surface area contributed by atoms with E-state index < -0.39 is 0 Å². The van der Waals surface area contributed by atoms with Crippen LogP contribution in [-0.4, -0.2) is 21.5 Å². The van der Waals surface area contributed by atoms with Gasteiger partial charge in [0.1, 0.15) is 0 Å². The molecule has 1 N–H and O–H groups in total. The molecule has 1 aromatic heterocycles. The highest BCUT2D eigenvalue weighted by atomic mass is 15.4. The monoisotopic (exact) mass is 168 g/mol. The quantitative estimate of drug-likeness (QED) is 0.714. The summed E-state index contributed by atoms with van der Waals surface area (Å²) in [5.41, 5.74) is 0.998. The second-order valence-corrected chi connectivity index (χ2v) is 3.41. The third-order valence-electron chi connectivity index (χ3n) is 1.51. The van der Waals surface area contributed by atoms with Gasteiger partial charge in [0.2, 0.25) is 0 Å². The molecule has 0 saturated carbocycles. The maximum Gasteiger partial charge on any atom is 0.0964 e. The lowest BCUT2D eigenvalue weighted by molar-refractivity contribution is 0.548. The number of aromatic nitrogens is 3. The molecule has 0 aliphatic rings. The minimum Gasteiger partial charge on any atom is -0.311 e. The van der Waals surface area contributed by atoms with Crippen LogP contribution < -0.4 is 5.32 Å². The van der Waals surface area contributed by atoms with E-state index in [2.05, 4.69) is 29.5 Å². The zero-order valence-corrected chi connectivity index (χ0v) is 7.91. The van der Waals surface area contributed by atoms with Crippen molar-refractivity contribution >= 4 is 0 Å². The van der Waals surface area contributed by atoms with Crippen LogP contribution in [0.1, 0.15) is 19.5 Å². The molecule has 68 valence electrons. The average molecular weight is 168 g/mol. The van der Waals surface area contributed by atoms with E-state index in [0.29, 0.717) is 5.92 Å². The van der Waals surface area contributed by atoms with Crippen LogP contribution in [0.2, 0.25) is 0 Å². The normalized spacial score (nSPS) is 11.0. The van der Waals surface area contributed by atoms with Crippen molar-refractivity contribution in [1.29, 1.82) is 0 Å². The highest BCUT2D eigenvalue weighted by Gasteiger charge is 1.97. The Morgan fingerprint density at radius 2 is 2.33 bits per heavy atom. The lowest BCUT2D eigenvalue weighted by Crippen LogP contribution is -2.19. The van der Waals surface area contributed by atoms with Crippen LogP contribution in [0, 0.1) is 5.92 Å². The molecule has 0 fully saturated rings. The topological polar surface area (TPSA) is 42.7 Å². The van der Waals surface area contributed by atoms with Crippen molar-refractivity contribution in [3.8, 4) is 0 Å². The van der Waals surface area contributed by atoms with Crippen molar-refractivity contribution in [2.45, 2.75) is 20.4 Å². The van der Waals surface area contributed by atoms with Crippen molar-refractivity contribution < 1.29 is 0 Å². The number of aryl methyl sites for hydroxylation is 1. The van der Waals surface area contributed by atoms with Gasteiger partial charge in [-0.2, -0.15) is 0 Å². The average Bonchev–Trinajstić information content (AvgIpc) is 2.35. The van der Waals surface area contributed by atoms with E-state index in [1.807, 2.05) is 13.2 Å². The van der Waals surface area contributed by atoms with Crippen LogP contribution in [0.15, 0.2) is 6.20 Å². The summed E-state index contributed by atoms with van der Waals surface area (Å²) in [5.74, 6) is 0.682. The van der Waals surface area contributed by atoms with Gasteiger partial charge in [0.25, 0.3) is 0 Å². The van der Waals surface area contributed by atoms with Crippen LogP contribution in [0.3, 0.4) is 0 Å². The molecule has 0 amide bonds. The molecule has 0 aliphatic carbocycles. The molecule has 0 saturated heterocycles. The van der Waals surface area contributed by atoms with Gasteiger partial charge in [0, 0.05) is 19.8 Å². The zero-order valence-electron chi connectivity index (χ0n) is 7.91. The molecule has 0 spiro atoms. The fourth-order valence-corrected chi connectivity index (χ4v) is 0.965. The highest BCUT2D eigenvalue weighted by molar-refractivity contribution is 4.90. The van der Waals surface area contributed by atoms with Gasteiger partial charge in [0.15, 0.2) is 0 Å². The number of rotatable bonds is 4. The Morgan fingerprint density at radius 3 is 2.83 bits per heavy atom. The van der Waals surface area contributed by atoms with Crippen molar-refractivity contribution in [1.82, 2.24) is 20.3 Å². The van der Waals surface area contributed by atoms with Gasteiger partial charge in [0.05, 0.1) is 5.69 Å². The summed E-state index contributed by atoms with van der Waals surface area (Å²) in [6.45, 7) is 6.20. The summed E-state index contributed by atoms with van der Waals surface area (Å²) in [4.78, 5) is 0. The van der Waals surface area contributed by atoms with Gasteiger partial charge in [-0.25, -0.2) is 0 Å². The maximum atomic E-state index is 3.96. The lowest BCUT2D eigenvalue weighted by atomic mass is 10.2. The second-order valence-electron chi connectivity index (χ2n) is 3.41. The predicted octanol–water partition coefficient (Wildman–Crippen LogP) is 0.561. The molecule has 0 bridgehead atoms. The fraction of sp³-hybridized carbons (Fsp3) is 0.750. The van der Waals surface area contributed by atoms with E-state index >= 15 is 0 Å². The third kappa shape index (κ3) is 3.00. The lowest BCUT2D eigenvalue weighted by Gasteiger charge is -2.04. The summed E-state index contributed by atoms with van der Waals surface area (Å²) in [6, 6.07) is 0. The molecular weight excluding hydrogens is 152 g/mol. The Labute approximate surface area is 73.0 Å². The standard InChI is InChI=1S/C8H16N4/c1-7(2)4-9-5-8-6-12(3)11-10-8/h6-7,9H,4-5H2,1-3H3. The zero-order chi connectivity index (χ0) is 8.97. The second kappa shape index (κ2) is 4.21. The summed E-state index contributed by atoms with van der Waals surface area (Å²) >= 11 is 0. The molecule has 12 heavy (non-hydrogen) atoms. The summed E-state index contributed by atoms with van der Waals surface area (Å²) in [6.07, 6.45) is 1.92. The first-order chi connectivity index (χ1) is 5.68. The molecule has 4 nitrogen and oxygen atoms in total. The summed E-state index contributed by atoms with van der Waals surface area (Å²) in [5, 5.41) is 11.1. The van der Waals surface area contributed by atoms with E-state index in [1.165, 1.54) is 0 Å². The van der Waals surface area contributed by atoms with Gasteiger partial charge in [-0.05, 0) is 12.5 Å². The van der Waals surface area contributed by atoms with Gasteiger partial charge in [-0.3, -0.25) is 4.68 Å². The first-order valence-corrected chi connectivity index (χ1v) is 4.24. The molecule has 1 aromatic rings. The van der Waals surface area contributed by atoms with Crippen molar-refractivity contribution in [3.05, 3.63) is 11.9 Å². The molecule has 0 atom stereocenters. The summed E-state index contributed by atoms with van der Waals surface area (Å²) in [7, 11) is 1.87. The molecular formula is C8H16N4. The van der Waals surface area contributed by atoms with E-state index in [4.69, 9.17) is 0 Å². The molecule has 0 unspecified atom stereocenters. The van der Waals surface area contributed by atoms with Gasteiger partial charge < -0.3 is 5.32 Å². The maximum absolute atomic E-state index is 3.96. The van der Waals surface area contributed by atoms with Crippen LogP contribution >= 0.6 is 0 Å². The minimum atomic E-state index is 0.682. The van der Waals surface area contributed by atoms with Crippen LogP contribution in [-0.2, 0) is 13.6 Å². The molecule has 0 aromatic carbocycles. The van der Waals surface area contributed by atoms with Gasteiger partial charge in [-0.1, -0.05) is 19.1 Å². The predicted molar refractivity (Wildman–Crippen MR) is 47.5 cm³/mol. The van der Waals surface area contributed by atoms with E-state index in [1.54, 1.807) is 4.68 Å². The molecule has 1 heterocycles. The Bertz CT molecular complexity index is 229. The van der Waals surface area contributed by atoms with Gasteiger partial charge >= 0.3 is 0 Å². The molecule has 0 radical (unpaired) electrons. The Hall–Kier alpha value is -0.900. The van der Waals surface area contributed by atoms with Gasteiger partial charge in [-0.15, -0.1) is 5.10 Å². The number of nitrogens with zero attached hydrogens (tertiary/aromatic N) is 3. The summed E-state index contributed by atoms with van der Waals surface area (Å²) < 4.78 is 1.71. The molecule has 0 aliphatic heterocycles. The van der Waals surface area contributed by atoms with Crippen molar-refractivity contribution in [3.63, 3.8) is 0 Å². The SMILES string of the molecule is CC(C)CNCc1cn(C)nn1. The largest absolute Gasteiger partial charge is 0.311 e. The number of nitrogens with one attached hydrogen (secondary N) is 1. The Balaban J connectivity index is 2.24. The van der Waals surface area contributed by atoms with Crippen molar-refractivity contribution in [2.75, 3.05) is 6.54 Å². The highest BCUT2D eigenvalue weighted by Crippen LogP contribution is 1.92. The smallest absolute Gasteiger partial charge is 0.0964 e. The van der Waals surface area contributed by atoms with E-state index in [0.717, 1.165) is 18.8 Å². The Kier molecular flexibility index (Phi) is 3.22.